The minimum atomic E-state index is -0.186. The molecule has 1 aliphatic rings. The summed E-state index contributed by atoms with van der Waals surface area (Å²) < 4.78 is 15.3. The van der Waals surface area contributed by atoms with Crippen LogP contribution in [0.15, 0.2) is 54.6 Å². The van der Waals surface area contributed by atoms with Crippen LogP contribution in [0.2, 0.25) is 0 Å². The summed E-state index contributed by atoms with van der Waals surface area (Å²) in [7, 11) is 0. The quantitative estimate of drug-likeness (QED) is 0.141. The lowest BCUT2D eigenvalue weighted by atomic mass is 9.80. The minimum Gasteiger partial charge on any atom is -0.463 e. The summed E-state index contributed by atoms with van der Waals surface area (Å²) >= 11 is 0. The summed E-state index contributed by atoms with van der Waals surface area (Å²) in [5.41, 5.74) is 7.99. The highest BCUT2D eigenvalue weighted by molar-refractivity contribution is 6.09. The molecule has 1 atom stereocenters. The number of fused-ring (bicyclic) bond motifs is 3. The van der Waals surface area contributed by atoms with Crippen LogP contribution in [-0.2, 0) is 23.0 Å². The van der Waals surface area contributed by atoms with Gasteiger partial charge in [-0.1, -0.05) is 97.1 Å². The van der Waals surface area contributed by atoms with Crippen molar-refractivity contribution < 1.29 is 9.47 Å². The van der Waals surface area contributed by atoms with Gasteiger partial charge in [0.2, 0.25) is 0 Å². The van der Waals surface area contributed by atoms with Crippen LogP contribution in [0.1, 0.15) is 122 Å². The molecule has 0 bridgehead atoms. The number of ether oxygens (including phenoxy) is 2. The van der Waals surface area contributed by atoms with Gasteiger partial charge in [-0.15, -0.1) is 0 Å². The van der Waals surface area contributed by atoms with Crippen molar-refractivity contribution in [1.29, 1.82) is 0 Å². The molecule has 0 amide bonds. The van der Waals surface area contributed by atoms with Crippen molar-refractivity contribution in [2.24, 2.45) is 0 Å². The van der Waals surface area contributed by atoms with E-state index in [9.17, 15) is 0 Å². The Labute approximate surface area is 254 Å². The molecule has 1 aliphatic heterocycles. The number of aromatic nitrogens is 1. The van der Waals surface area contributed by atoms with E-state index < -0.39 is 0 Å². The Hall–Kier alpha value is -2.78. The van der Waals surface area contributed by atoms with E-state index in [0.717, 1.165) is 50.1 Å². The predicted molar refractivity (Wildman–Crippen MR) is 179 cm³/mol. The second-order valence-corrected chi connectivity index (χ2v) is 13.2. The molecule has 0 N–H and O–H groups in total. The molecule has 1 fully saturated rings. The van der Waals surface area contributed by atoms with Crippen molar-refractivity contribution in [1.82, 2.24) is 4.57 Å². The third-order valence-corrected chi connectivity index (χ3v) is 9.32. The number of rotatable bonds is 14. The second-order valence-electron chi connectivity index (χ2n) is 13.2. The highest BCUT2D eigenvalue weighted by Gasteiger charge is 2.25. The smallest absolute Gasteiger partial charge is 0.199 e. The Kier molecular flexibility index (Phi) is 10.3. The molecular formula is C39H53NO2. The molecule has 4 aromatic rings. The molecule has 0 spiro atoms. The molecule has 1 unspecified atom stereocenters. The first-order valence-corrected chi connectivity index (χ1v) is 16.9. The van der Waals surface area contributed by atoms with E-state index >= 15 is 0 Å². The van der Waals surface area contributed by atoms with Gasteiger partial charge < -0.3 is 14.0 Å². The van der Waals surface area contributed by atoms with Crippen LogP contribution in [0.5, 0.6) is 5.75 Å². The molecule has 0 radical (unpaired) electrons. The SMILES string of the molecule is CCCCCC(C)(C)c1ccc(OC2CCCCO2)c(-n2c3cc(CCCC)ccc3c3ccc(CCCC)cc32)c1. The standard InChI is InChI=1S/C39H53NO2/c1-6-9-13-24-39(4,5)31-20-23-37(42-38-17-12-14-25-41-38)36(28-31)40-34-26-29(15-10-7-2)18-21-32(34)33-22-19-30(16-11-8-3)27-35(33)40/h18-23,26-28,38H,6-17,24-25H2,1-5H3. The summed E-state index contributed by atoms with van der Waals surface area (Å²) in [6, 6.07) is 21.2. The summed E-state index contributed by atoms with van der Waals surface area (Å²) in [6.45, 7) is 12.4. The van der Waals surface area contributed by atoms with E-state index in [1.807, 2.05) is 0 Å². The van der Waals surface area contributed by atoms with E-state index in [2.05, 4.69) is 93.8 Å². The summed E-state index contributed by atoms with van der Waals surface area (Å²) in [5.74, 6) is 0.923. The van der Waals surface area contributed by atoms with E-state index in [0.29, 0.717) is 0 Å². The van der Waals surface area contributed by atoms with Crippen LogP contribution in [0.4, 0.5) is 0 Å². The van der Waals surface area contributed by atoms with Crippen molar-refractivity contribution in [3.63, 3.8) is 0 Å². The zero-order chi connectivity index (χ0) is 29.5. The van der Waals surface area contributed by atoms with Crippen molar-refractivity contribution in [2.75, 3.05) is 6.61 Å². The number of aryl methyl sites for hydroxylation is 2. The van der Waals surface area contributed by atoms with Gasteiger partial charge in [0, 0.05) is 17.2 Å². The molecule has 3 heteroatoms. The number of benzene rings is 3. The topological polar surface area (TPSA) is 23.4 Å². The van der Waals surface area contributed by atoms with Gasteiger partial charge in [-0.05, 0) is 91.3 Å². The fourth-order valence-electron chi connectivity index (χ4n) is 6.56. The van der Waals surface area contributed by atoms with Gasteiger partial charge in [-0.25, -0.2) is 0 Å². The van der Waals surface area contributed by atoms with Gasteiger partial charge in [0.15, 0.2) is 6.29 Å². The maximum atomic E-state index is 6.72. The van der Waals surface area contributed by atoms with Crippen LogP contribution in [0.25, 0.3) is 27.5 Å². The largest absolute Gasteiger partial charge is 0.463 e. The lowest BCUT2D eigenvalue weighted by Gasteiger charge is -2.29. The van der Waals surface area contributed by atoms with E-state index in [-0.39, 0.29) is 11.7 Å². The zero-order valence-corrected chi connectivity index (χ0v) is 26.9. The maximum Gasteiger partial charge on any atom is 0.199 e. The lowest BCUT2D eigenvalue weighted by molar-refractivity contribution is -0.105. The predicted octanol–water partition coefficient (Wildman–Crippen LogP) is 11.2. The van der Waals surface area contributed by atoms with Gasteiger partial charge in [-0.2, -0.15) is 0 Å². The van der Waals surface area contributed by atoms with E-state index in [1.54, 1.807) is 0 Å². The Morgan fingerprint density at radius 2 is 1.40 bits per heavy atom. The average Bonchev–Trinajstić information content (AvgIpc) is 3.32. The van der Waals surface area contributed by atoms with Crippen LogP contribution in [0, 0.1) is 0 Å². The molecule has 2 heterocycles. The molecule has 1 aromatic heterocycles. The van der Waals surface area contributed by atoms with Crippen LogP contribution in [0.3, 0.4) is 0 Å². The average molecular weight is 568 g/mol. The Bertz CT molecular complexity index is 1390. The Balaban J connectivity index is 1.72. The van der Waals surface area contributed by atoms with Crippen molar-refractivity contribution in [3.05, 3.63) is 71.3 Å². The first kappa shape index (κ1) is 30.7. The van der Waals surface area contributed by atoms with Crippen LogP contribution in [-0.4, -0.2) is 17.5 Å². The molecule has 1 saturated heterocycles. The summed E-state index contributed by atoms with van der Waals surface area (Å²) in [4.78, 5) is 0. The van der Waals surface area contributed by atoms with Crippen molar-refractivity contribution in [2.45, 2.75) is 130 Å². The molecule has 0 saturated carbocycles. The lowest BCUT2D eigenvalue weighted by Crippen LogP contribution is -2.25. The minimum absolute atomic E-state index is 0.0844. The third kappa shape index (κ3) is 6.88. The fraction of sp³-hybridized carbons (Fsp3) is 0.538. The van der Waals surface area contributed by atoms with Crippen molar-refractivity contribution in [3.8, 4) is 11.4 Å². The van der Waals surface area contributed by atoms with Crippen molar-refractivity contribution >= 4 is 21.8 Å². The maximum absolute atomic E-state index is 6.72. The van der Waals surface area contributed by atoms with Crippen LogP contribution < -0.4 is 4.74 Å². The van der Waals surface area contributed by atoms with E-state index in [1.165, 1.54) is 89.9 Å². The Morgan fingerprint density at radius 1 is 0.762 bits per heavy atom. The first-order chi connectivity index (χ1) is 20.4. The van der Waals surface area contributed by atoms with Gasteiger partial charge >= 0.3 is 0 Å². The highest BCUT2D eigenvalue weighted by Crippen LogP contribution is 2.40. The van der Waals surface area contributed by atoms with Gasteiger partial charge in [-0.3, -0.25) is 0 Å². The molecule has 226 valence electrons. The van der Waals surface area contributed by atoms with Gasteiger partial charge in [0.25, 0.3) is 0 Å². The monoisotopic (exact) mass is 567 g/mol. The molecule has 3 aromatic carbocycles. The van der Waals surface area contributed by atoms with Gasteiger partial charge in [0.1, 0.15) is 5.75 Å². The summed E-state index contributed by atoms with van der Waals surface area (Å²) in [5, 5.41) is 2.64. The number of hydrogen-bond donors (Lipinski definition) is 0. The first-order valence-electron chi connectivity index (χ1n) is 16.9. The zero-order valence-electron chi connectivity index (χ0n) is 26.9. The number of hydrogen-bond acceptors (Lipinski definition) is 2. The summed E-state index contributed by atoms with van der Waals surface area (Å²) in [6.07, 6.45) is 15.0. The van der Waals surface area contributed by atoms with Crippen LogP contribution >= 0.6 is 0 Å². The number of nitrogens with zero attached hydrogens (tertiary/aromatic N) is 1. The van der Waals surface area contributed by atoms with E-state index in [4.69, 9.17) is 9.47 Å². The second kappa shape index (κ2) is 14.1. The Morgan fingerprint density at radius 3 is 1.98 bits per heavy atom. The third-order valence-electron chi connectivity index (χ3n) is 9.32. The number of unbranched alkanes of at least 4 members (excludes halogenated alkanes) is 4. The normalized spacial score (nSPS) is 16.0. The molecule has 42 heavy (non-hydrogen) atoms. The molecule has 5 rings (SSSR count). The molecule has 0 aliphatic carbocycles. The fourth-order valence-corrected chi connectivity index (χ4v) is 6.56. The van der Waals surface area contributed by atoms with Gasteiger partial charge in [0.05, 0.1) is 23.3 Å². The molecular weight excluding hydrogens is 514 g/mol. The highest BCUT2D eigenvalue weighted by atomic mass is 16.7. The molecule has 3 nitrogen and oxygen atoms in total.